The van der Waals surface area contributed by atoms with Crippen LogP contribution in [0.3, 0.4) is 0 Å². The van der Waals surface area contributed by atoms with Gasteiger partial charge in [-0.05, 0) is 6.92 Å². The minimum absolute atomic E-state index is 0.574. The third-order valence-electron chi connectivity index (χ3n) is 1.76. The molecule has 0 aliphatic rings. The zero-order valence-corrected chi connectivity index (χ0v) is 7.84. The number of aliphatic carboxylic acids is 3. The SMILES string of the molecule is CC(=O)CC(C(=O)O)C(C(=O)O)C(=O)O. The lowest BCUT2D eigenvalue weighted by atomic mass is 9.88. The summed E-state index contributed by atoms with van der Waals surface area (Å²) >= 11 is 0. The molecule has 15 heavy (non-hydrogen) atoms. The number of carboxylic acids is 3. The van der Waals surface area contributed by atoms with E-state index in [2.05, 4.69) is 0 Å². The minimum Gasteiger partial charge on any atom is -0.481 e. The van der Waals surface area contributed by atoms with E-state index in [1.165, 1.54) is 0 Å². The average molecular weight is 218 g/mol. The Morgan fingerprint density at radius 2 is 1.33 bits per heavy atom. The Labute approximate surface area is 84.3 Å². The summed E-state index contributed by atoms with van der Waals surface area (Å²) in [5.74, 6) is -9.56. The maximum Gasteiger partial charge on any atom is 0.318 e. The summed E-state index contributed by atoms with van der Waals surface area (Å²) in [6, 6.07) is 0. The Bertz CT molecular complexity index is 292. The topological polar surface area (TPSA) is 129 Å². The normalized spacial score (nSPS) is 12.1. The molecule has 0 rings (SSSR count). The van der Waals surface area contributed by atoms with Gasteiger partial charge in [-0.2, -0.15) is 0 Å². The van der Waals surface area contributed by atoms with E-state index >= 15 is 0 Å². The van der Waals surface area contributed by atoms with E-state index in [-0.39, 0.29) is 0 Å². The fourth-order valence-corrected chi connectivity index (χ4v) is 1.11. The van der Waals surface area contributed by atoms with Gasteiger partial charge in [0.25, 0.3) is 0 Å². The molecule has 0 radical (unpaired) electrons. The van der Waals surface area contributed by atoms with Crippen LogP contribution in [0.2, 0.25) is 0 Å². The molecule has 0 saturated carbocycles. The first kappa shape index (κ1) is 13.1. The summed E-state index contributed by atoms with van der Waals surface area (Å²) in [7, 11) is 0. The quantitative estimate of drug-likeness (QED) is 0.510. The number of rotatable bonds is 6. The van der Waals surface area contributed by atoms with E-state index in [0.717, 1.165) is 6.92 Å². The van der Waals surface area contributed by atoms with Crippen LogP contribution in [0.1, 0.15) is 13.3 Å². The fraction of sp³-hybridized carbons (Fsp3) is 0.500. The van der Waals surface area contributed by atoms with Crippen LogP contribution < -0.4 is 0 Å². The molecule has 84 valence electrons. The lowest BCUT2D eigenvalue weighted by Crippen LogP contribution is -2.36. The molecule has 0 saturated heterocycles. The van der Waals surface area contributed by atoms with Gasteiger partial charge < -0.3 is 20.1 Å². The molecule has 0 amide bonds. The van der Waals surface area contributed by atoms with Crippen molar-refractivity contribution in [2.45, 2.75) is 13.3 Å². The van der Waals surface area contributed by atoms with Crippen LogP contribution in [-0.2, 0) is 19.2 Å². The molecule has 0 bridgehead atoms. The molecule has 1 unspecified atom stereocenters. The number of carbonyl (C=O) groups is 4. The molecular weight excluding hydrogens is 208 g/mol. The fourth-order valence-electron chi connectivity index (χ4n) is 1.11. The highest BCUT2D eigenvalue weighted by atomic mass is 16.4. The van der Waals surface area contributed by atoms with Crippen LogP contribution in [0.25, 0.3) is 0 Å². The van der Waals surface area contributed by atoms with Crippen molar-refractivity contribution in [2.24, 2.45) is 11.8 Å². The second-order valence-corrected chi connectivity index (χ2v) is 3.01. The number of Topliss-reactive ketones (excluding diaryl/α,β-unsaturated/α-hetero) is 1. The first-order valence-electron chi connectivity index (χ1n) is 3.95. The Hall–Kier alpha value is -1.92. The Morgan fingerprint density at radius 3 is 1.53 bits per heavy atom. The summed E-state index contributed by atoms with van der Waals surface area (Å²) < 4.78 is 0. The van der Waals surface area contributed by atoms with Gasteiger partial charge in [0.1, 0.15) is 5.78 Å². The van der Waals surface area contributed by atoms with E-state index in [4.69, 9.17) is 15.3 Å². The Balaban J connectivity index is 5.01. The molecule has 0 aliphatic heterocycles. The van der Waals surface area contributed by atoms with Crippen LogP contribution in [0, 0.1) is 11.8 Å². The van der Waals surface area contributed by atoms with Crippen molar-refractivity contribution in [3.8, 4) is 0 Å². The first-order chi connectivity index (χ1) is 6.77. The third kappa shape index (κ3) is 3.75. The smallest absolute Gasteiger partial charge is 0.318 e. The summed E-state index contributed by atoms with van der Waals surface area (Å²) in [6.45, 7) is 1.07. The van der Waals surface area contributed by atoms with Crippen molar-refractivity contribution in [1.82, 2.24) is 0 Å². The Kier molecular flexibility index (Phi) is 4.43. The maximum absolute atomic E-state index is 10.7. The highest BCUT2D eigenvalue weighted by molar-refractivity contribution is 5.98. The zero-order valence-electron chi connectivity index (χ0n) is 7.84. The summed E-state index contributed by atoms with van der Waals surface area (Å²) in [4.78, 5) is 42.3. The number of ketones is 1. The zero-order chi connectivity index (χ0) is 12.2. The lowest BCUT2D eigenvalue weighted by Gasteiger charge is -2.14. The standard InChI is InChI=1S/C8H10O7/c1-3(9)2-4(6(10)11)5(7(12)13)8(14)15/h4-5H,2H2,1H3,(H,10,11)(H,12,13)(H,14,15). The molecule has 1 atom stereocenters. The molecule has 0 aromatic rings. The summed E-state index contributed by atoms with van der Waals surface area (Å²) in [5.41, 5.74) is 0. The molecule has 0 spiro atoms. The van der Waals surface area contributed by atoms with Gasteiger partial charge in [-0.25, -0.2) is 0 Å². The van der Waals surface area contributed by atoms with E-state index in [1.807, 2.05) is 0 Å². The van der Waals surface area contributed by atoms with Gasteiger partial charge in [0.15, 0.2) is 5.92 Å². The van der Waals surface area contributed by atoms with Crippen LogP contribution >= 0.6 is 0 Å². The van der Waals surface area contributed by atoms with E-state index in [0.29, 0.717) is 0 Å². The van der Waals surface area contributed by atoms with Gasteiger partial charge in [0.05, 0.1) is 5.92 Å². The monoisotopic (exact) mass is 218 g/mol. The van der Waals surface area contributed by atoms with Gasteiger partial charge in [0, 0.05) is 6.42 Å². The predicted molar refractivity (Wildman–Crippen MR) is 45.2 cm³/mol. The number of hydrogen-bond acceptors (Lipinski definition) is 4. The molecule has 3 N–H and O–H groups in total. The van der Waals surface area contributed by atoms with Crippen LogP contribution in [0.15, 0.2) is 0 Å². The molecule has 0 aromatic heterocycles. The molecule has 0 aliphatic carbocycles. The molecule has 7 nitrogen and oxygen atoms in total. The molecule has 0 heterocycles. The van der Waals surface area contributed by atoms with Crippen molar-refractivity contribution in [2.75, 3.05) is 0 Å². The third-order valence-corrected chi connectivity index (χ3v) is 1.76. The van der Waals surface area contributed by atoms with Gasteiger partial charge in [-0.3, -0.25) is 14.4 Å². The van der Waals surface area contributed by atoms with Gasteiger partial charge in [-0.15, -0.1) is 0 Å². The van der Waals surface area contributed by atoms with Crippen molar-refractivity contribution in [3.05, 3.63) is 0 Å². The van der Waals surface area contributed by atoms with Crippen LogP contribution in [0.5, 0.6) is 0 Å². The average Bonchev–Trinajstić information content (AvgIpc) is 2.00. The second kappa shape index (κ2) is 5.08. The van der Waals surface area contributed by atoms with Crippen molar-refractivity contribution in [3.63, 3.8) is 0 Å². The summed E-state index contributed by atoms with van der Waals surface area (Å²) in [6.07, 6.45) is -0.612. The molecule has 0 fully saturated rings. The number of carbonyl (C=O) groups excluding carboxylic acids is 1. The van der Waals surface area contributed by atoms with Crippen LogP contribution in [-0.4, -0.2) is 39.0 Å². The molecule has 0 aromatic carbocycles. The molecular formula is C8H10O7. The number of carboxylic acid groups (broad SMARTS) is 3. The van der Waals surface area contributed by atoms with E-state index in [9.17, 15) is 19.2 Å². The highest BCUT2D eigenvalue weighted by Crippen LogP contribution is 2.18. The summed E-state index contributed by atoms with van der Waals surface area (Å²) in [5, 5.41) is 25.7. The van der Waals surface area contributed by atoms with Crippen molar-refractivity contribution in [1.29, 1.82) is 0 Å². The Morgan fingerprint density at radius 1 is 0.933 bits per heavy atom. The predicted octanol–water partition coefficient (Wildman–Crippen LogP) is -0.548. The maximum atomic E-state index is 10.7. The lowest BCUT2D eigenvalue weighted by molar-refractivity contribution is -0.164. The first-order valence-corrected chi connectivity index (χ1v) is 3.95. The van der Waals surface area contributed by atoms with Gasteiger partial charge in [0.2, 0.25) is 0 Å². The van der Waals surface area contributed by atoms with Crippen molar-refractivity contribution >= 4 is 23.7 Å². The van der Waals surface area contributed by atoms with Gasteiger partial charge in [-0.1, -0.05) is 0 Å². The minimum atomic E-state index is -2.11. The van der Waals surface area contributed by atoms with E-state index in [1.54, 1.807) is 0 Å². The van der Waals surface area contributed by atoms with Crippen molar-refractivity contribution < 1.29 is 34.5 Å². The number of hydrogen-bond donors (Lipinski definition) is 3. The van der Waals surface area contributed by atoms with Gasteiger partial charge >= 0.3 is 17.9 Å². The van der Waals surface area contributed by atoms with E-state index < -0.39 is 41.9 Å². The van der Waals surface area contributed by atoms with Crippen LogP contribution in [0.4, 0.5) is 0 Å². The second-order valence-electron chi connectivity index (χ2n) is 3.01. The largest absolute Gasteiger partial charge is 0.481 e. The highest BCUT2D eigenvalue weighted by Gasteiger charge is 2.40. The molecule has 7 heteroatoms.